The Kier molecular flexibility index (Phi) is 7.45. The molecule has 0 radical (unpaired) electrons. The predicted octanol–water partition coefficient (Wildman–Crippen LogP) is 2.86. The average molecular weight is 317 g/mol. The standard InChI is InChI=1S/C18H27N3O2/c1-6-9-13(7-2)15-12-21(5)18(23)10-14(15)16(19-4)11-17(22)20-8-3/h9-10,12,16H,4,6-8,11H2,1-3,5H3,(H,20,22)/b13-9+/t16-/m0/s1. The summed E-state index contributed by atoms with van der Waals surface area (Å²) in [5, 5.41) is 2.77. The summed E-state index contributed by atoms with van der Waals surface area (Å²) in [4.78, 5) is 28.1. The van der Waals surface area contributed by atoms with Gasteiger partial charge in [-0.1, -0.05) is 19.9 Å². The highest BCUT2D eigenvalue weighted by Crippen LogP contribution is 2.29. The second-order valence-electron chi connectivity index (χ2n) is 5.44. The summed E-state index contributed by atoms with van der Waals surface area (Å²) in [5.41, 5.74) is 2.79. The number of aliphatic imine (C=N–C) groups is 1. The third-order valence-electron chi connectivity index (χ3n) is 3.77. The molecule has 5 heteroatoms. The Bertz CT molecular complexity index is 644. The summed E-state index contributed by atoms with van der Waals surface area (Å²) < 4.78 is 1.56. The normalized spacial score (nSPS) is 12.8. The number of nitrogens with zero attached hydrogens (tertiary/aromatic N) is 2. The molecular weight excluding hydrogens is 290 g/mol. The van der Waals surface area contributed by atoms with Gasteiger partial charge in [-0.2, -0.15) is 0 Å². The number of hydrogen-bond acceptors (Lipinski definition) is 3. The molecule has 0 saturated heterocycles. The number of carbonyl (C=O) groups is 1. The lowest BCUT2D eigenvalue weighted by atomic mass is 9.93. The lowest BCUT2D eigenvalue weighted by Gasteiger charge is -2.19. The third kappa shape index (κ3) is 4.91. The Morgan fingerprint density at radius 1 is 1.43 bits per heavy atom. The lowest BCUT2D eigenvalue weighted by Crippen LogP contribution is -2.25. The summed E-state index contributed by atoms with van der Waals surface area (Å²) >= 11 is 0. The van der Waals surface area contributed by atoms with E-state index in [-0.39, 0.29) is 17.9 Å². The molecule has 0 aliphatic carbocycles. The number of hydrogen-bond donors (Lipinski definition) is 1. The van der Waals surface area contributed by atoms with Gasteiger partial charge in [-0.3, -0.25) is 14.6 Å². The summed E-state index contributed by atoms with van der Waals surface area (Å²) in [7, 11) is 1.73. The lowest BCUT2D eigenvalue weighted by molar-refractivity contribution is -0.121. The molecular formula is C18H27N3O2. The van der Waals surface area contributed by atoms with Gasteiger partial charge >= 0.3 is 0 Å². The van der Waals surface area contributed by atoms with Crippen molar-refractivity contribution in [2.45, 2.75) is 46.1 Å². The number of amides is 1. The minimum Gasteiger partial charge on any atom is -0.356 e. The molecule has 5 nitrogen and oxygen atoms in total. The van der Waals surface area contributed by atoms with Gasteiger partial charge in [0, 0.05) is 25.9 Å². The van der Waals surface area contributed by atoms with Crippen LogP contribution in [0.5, 0.6) is 0 Å². The van der Waals surface area contributed by atoms with E-state index in [2.05, 4.69) is 37.0 Å². The number of pyridine rings is 1. The first-order valence-corrected chi connectivity index (χ1v) is 8.10. The van der Waals surface area contributed by atoms with E-state index in [0.717, 1.165) is 29.5 Å². The molecule has 0 bridgehead atoms. The molecule has 1 atom stereocenters. The van der Waals surface area contributed by atoms with Crippen molar-refractivity contribution in [1.29, 1.82) is 0 Å². The van der Waals surface area contributed by atoms with Crippen LogP contribution in [0.2, 0.25) is 0 Å². The maximum atomic E-state index is 12.1. The predicted molar refractivity (Wildman–Crippen MR) is 95.8 cm³/mol. The van der Waals surface area contributed by atoms with Crippen LogP contribution in [0.15, 0.2) is 28.1 Å². The van der Waals surface area contributed by atoms with Gasteiger partial charge in [-0.25, -0.2) is 0 Å². The summed E-state index contributed by atoms with van der Waals surface area (Å²) in [6, 6.07) is 1.16. The highest BCUT2D eigenvalue weighted by atomic mass is 16.1. The topological polar surface area (TPSA) is 63.5 Å². The number of aromatic nitrogens is 1. The zero-order chi connectivity index (χ0) is 17.4. The Labute approximate surface area is 138 Å². The van der Waals surface area contributed by atoms with Gasteiger partial charge in [0.2, 0.25) is 5.91 Å². The molecule has 23 heavy (non-hydrogen) atoms. The number of rotatable bonds is 8. The zero-order valence-corrected chi connectivity index (χ0v) is 14.6. The SMILES string of the molecule is C=N[C@@H](CC(=O)NCC)c1cc(=O)n(C)cc1/C(=C/CC)CC. The fourth-order valence-electron chi connectivity index (χ4n) is 2.60. The van der Waals surface area contributed by atoms with Crippen molar-refractivity contribution < 1.29 is 4.79 Å². The number of carbonyl (C=O) groups excluding carboxylic acids is 1. The smallest absolute Gasteiger partial charge is 0.250 e. The summed E-state index contributed by atoms with van der Waals surface area (Å²) in [6.07, 6.45) is 5.94. The van der Waals surface area contributed by atoms with E-state index in [9.17, 15) is 9.59 Å². The summed E-state index contributed by atoms with van der Waals surface area (Å²) in [6.45, 7) is 10.2. The molecule has 1 aromatic rings. The van der Waals surface area contributed by atoms with Gasteiger partial charge in [-0.05, 0) is 43.2 Å². The molecule has 0 fully saturated rings. The van der Waals surface area contributed by atoms with Gasteiger partial charge in [0.15, 0.2) is 0 Å². The van der Waals surface area contributed by atoms with E-state index in [4.69, 9.17) is 0 Å². The van der Waals surface area contributed by atoms with E-state index in [1.807, 2.05) is 13.1 Å². The van der Waals surface area contributed by atoms with Gasteiger partial charge in [-0.15, -0.1) is 0 Å². The quantitative estimate of drug-likeness (QED) is 0.749. The maximum absolute atomic E-state index is 12.1. The number of aryl methyl sites for hydroxylation is 1. The fourth-order valence-corrected chi connectivity index (χ4v) is 2.60. The highest BCUT2D eigenvalue weighted by molar-refractivity contribution is 5.77. The summed E-state index contributed by atoms with van der Waals surface area (Å²) in [5.74, 6) is -0.0888. The van der Waals surface area contributed by atoms with Gasteiger partial charge < -0.3 is 9.88 Å². The molecule has 1 rings (SSSR count). The zero-order valence-electron chi connectivity index (χ0n) is 14.6. The van der Waals surface area contributed by atoms with Crippen LogP contribution in [0.4, 0.5) is 0 Å². The van der Waals surface area contributed by atoms with Crippen molar-refractivity contribution in [3.63, 3.8) is 0 Å². The number of nitrogens with one attached hydrogen (secondary N) is 1. The Morgan fingerprint density at radius 3 is 2.65 bits per heavy atom. The van der Waals surface area contributed by atoms with E-state index in [1.165, 1.54) is 0 Å². The van der Waals surface area contributed by atoms with E-state index < -0.39 is 6.04 Å². The first-order valence-electron chi connectivity index (χ1n) is 8.10. The van der Waals surface area contributed by atoms with Crippen LogP contribution in [-0.4, -0.2) is 23.7 Å². The van der Waals surface area contributed by atoms with Crippen molar-refractivity contribution >= 4 is 18.2 Å². The Hall–Kier alpha value is -2.17. The molecule has 0 unspecified atom stereocenters. The molecule has 0 spiro atoms. The average Bonchev–Trinajstić information content (AvgIpc) is 2.53. The van der Waals surface area contributed by atoms with Gasteiger partial charge in [0.25, 0.3) is 5.56 Å². The van der Waals surface area contributed by atoms with Crippen molar-refractivity contribution in [3.8, 4) is 0 Å². The van der Waals surface area contributed by atoms with Crippen LogP contribution in [0.25, 0.3) is 5.57 Å². The van der Waals surface area contributed by atoms with Crippen LogP contribution in [0.3, 0.4) is 0 Å². The van der Waals surface area contributed by atoms with Crippen molar-refractivity contribution in [3.05, 3.63) is 39.8 Å². The number of allylic oxidation sites excluding steroid dienone is 2. The second-order valence-corrected chi connectivity index (χ2v) is 5.44. The monoisotopic (exact) mass is 317 g/mol. The Morgan fingerprint density at radius 2 is 2.13 bits per heavy atom. The van der Waals surface area contributed by atoms with Crippen molar-refractivity contribution in [2.24, 2.45) is 12.0 Å². The maximum Gasteiger partial charge on any atom is 0.250 e. The fraction of sp³-hybridized carbons (Fsp3) is 0.500. The Balaban J connectivity index is 3.39. The van der Waals surface area contributed by atoms with Crippen LogP contribution in [0.1, 0.15) is 57.2 Å². The minimum absolute atomic E-state index is 0.0888. The van der Waals surface area contributed by atoms with E-state index in [0.29, 0.717) is 6.54 Å². The van der Waals surface area contributed by atoms with Crippen LogP contribution in [-0.2, 0) is 11.8 Å². The van der Waals surface area contributed by atoms with Gasteiger partial charge in [0.05, 0.1) is 12.5 Å². The first-order chi connectivity index (χ1) is 11.0. The van der Waals surface area contributed by atoms with Crippen LogP contribution in [0, 0.1) is 0 Å². The minimum atomic E-state index is -0.419. The molecule has 0 aliphatic rings. The molecule has 0 aromatic carbocycles. The molecule has 126 valence electrons. The van der Waals surface area contributed by atoms with Gasteiger partial charge in [0.1, 0.15) is 0 Å². The second kappa shape index (κ2) is 9.08. The van der Waals surface area contributed by atoms with Crippen LogP contribution >= 0.6 is 0 Å². The van der Waals surface area contributed by atoms with Crippen molar-refractivity contribution in [1.82, 2.24) is 9.88 Å². The third-order valence-corrected chi connectivity index (χ3v) is 3.77. The van der Waals surface area contributed by atoms with Crippen LogP contribution < -0.4 is 10.9 Å². The van der Waals surface area contributed by atoms with Crippen molar-refractivity contribution in [2.75, 3.05) is 6.54 Å². The molecule has 1 heterocycles. The molecule has 0 saturated carbocycles. The largest absolute Gasteiger partial charge is 0.356 e. The molecule has 0 aliphatic heterocycles. The van der Waals surface area contributed by atoms with E-state index >= 15 is 0 Å². The molecule has 1 amide bonds. The highest BCUT2D eigenvalue weighted by Gasteiger charge is 2.20. The molecule has 1 aromatic heterocycles. The van der Waals surface area contributed by atoms with E-state index in [1.54, 1.807) is 17.7 Å². The molecule has 1 N–H and O–H groups in total. The first kappa shape index (κ1) is 18.9.